The highest BCUT2D eigenvalue weighted by Crippen LogP contribution is 2.27. The van der Waals surface area contributed by atoms with Gasteiger partial charge in [0.15, 0.2) is 0 Å². The third-order valence-corrected chi connectivity index (χ3v) is 3.77. The molecular formula is C14H22N4O2. The lowest BCUT2D eigenvalue weighted by atomic mass is 10.1. The maximum atomic E-state index is 11.9. The molecule has 20 heavy (non-hydrogen) atoms. The van der Waals surface area contributed by atoms with Gasteiger partial charge in [0.05, 0.1) is 18.5 Å². The Morgan fingerprint density at radius 3 is 2.70 bits per heavy atom. The molecular weight excluding hydrogens is 256 g/mol. The van der Waals surface area contributed by atoms with E-state index in [0.717, 1.165) is 25.8 Å². The zero-order valence-electron chi connectivity index (χ0n) is 12.3. The Labute approximate surface area is 119 Å². The summed E-state index contributed by atoms with van der Waals surface area (Å²) in [6, 6.07) is 0. The van der Waals surface area contributed by atoms with Crippen LogP contribution in [-0.4, -0.2) is 59.7 Å². The fourth-order valence-corrected chi connectivity index (χ4v) is 2.55. The van der Waals surface area contributed by atoms with Crippen molar-refractivity contribution in [2.24, 2.45) is 5.92 Å². The summed E-state index contributed by atoms with van der Waals surface area (Å²) in [4.78, 5) is 23.8. The molecule has 6 nitrogen and oxygen atoms in total. The Balaban J connectivity index is 2.08. The standard InChI is InChI=1S/C14H22N4O2/c1-17(2)14(20)11-7-15-8-13(16-11)18(3)9-10-5-4-6-12(10)19/h7-8,10,12,19H,4-6,9H2,1-3H3. The molecule has 1 aliphatic carbocycles. The van der Waals surface area contributed by atoms with Crippen molar-refractivity contribution >= 4 is 11.7 Å². The molecule has 0 bridgehead atoms. The number of hydrogen-bond donors (Lipinski definition) is 1. The smallest absolute Gasteiger partial charge is 0.273 e. The molecule has 1 aromatic heterocycles. The number of carbonyl (C=O) groups is 1. The molecule has 110 valence electrons. The van der Waals surface area contributed by atoms with Gasteiger partial charge < -0.3 is 14.9 Å². The van der Waals surface area contributed by atoms with Gasteiger partial charge in [-0.25, -0.2) is 4.98 Å². The molecule has 2 rings (SSSR count). The van der Waals surface area contributed by atoms with Gasteiger partial charge in [0.25, 0.3) is 5.91 Å². The maximum Gasteiger partial charge on any atom is 0.273 e. The molecule has 1 heterocycles. The van der Waals surface area contributed by atoms with Gasteiger partial charge in [0, 0.05) is 33.6 Å². The van der Waals surface area contributed by atoms with E-state index >= 15 is 0 Å². The topological polar surface area (TPSA) is 69.6 Å². The van der Waals surface area contributed by atoms with Crippen LogP contribution in [0.4, 0.5) is 5.82 Å². The second kappa shape index (κ2) is 6.17. The SMILES string of the molecule is CN(C)C(=O)c1cncc(N(C)CC2CCCC2O)n1. The minimum absolute atomic E-state index is 0.159. The van der Waals surface area contributed by atoms with Crippen LogP contribution in [0.3, 0.4) is 0 Å². The highest BCUT2D eigenvalue weighted by Gasteiger charge is 2.26. The van der Waals surface area contributed by atoms with Crippen molar-refractivity contribution < 1.29 is 9.90 Å². The summed E-state index contributed by atoms with van der Waals surface area (Å²) < 4.78 is 0. The molecule has 1 N–H and O–H groups in total. The molecule has 1 fully saturated rings. The summed E-state index contributed by atoms with van der Waals surface area (Å²) in [6.45, 7) is 0.732. The maximum absolute atomic E-state index is 11.9. The van der Waals surface area contributed by atoms with Gasteiger partial charge in [0.1, 0.15) is 11.5 Å². The van der Waals surface area contributed by atoms with E-state index in [9.17, 15) is 9.90 Å². The van der Waals surface area contributed by atoms with Crippen molar-refractivity contribution in [3.8, 4) is 0 Å². The lowest BCUT2D eigenvalue weighted by Gasteiger charge is -2.24. The van der Waals surface area contributed by atoms with Crippen LogP contribution in [0.25, 0.3) is 0 Å². The van der Waals surface area contributed by atoms with Crippen molar-refractivity contribution in [3.63, 3.8) is 0 Å². The summed E-state index contributed by atoms with van der Waals surface area (Å²) in [6.07, 6.45) is 5.89. The van der Waals surface area contributed by atoms with Gasteiger partial charge in [-0.05, 0) is 12.8 Å². The fourth-order valence-electron chi connectivity index (χ4n) is 2.55. The Morgan fingerprint density at radius 1 is 1.35 bits per heavy atom. The van der Waals surface area contributed by atoms with E-state index in [0.29, 0.717) is 11.5 Å². The molecule has 0 spiro atoms. The Bertz CT molecular complexity index is 478. The van der Waals surface area contributed by atoms with Crippen molar-refractivity contribution in [1.82, 2.24) is 14.9 Å². The lowest BCUT2D eigenvalue weighted by Crippen LogP contribution is -2.31. The number of aromatic nitrogens is 2. The second-order valence-corrected chi connectivity index (χ2v) is 5.60. The minimum atomic E-state index is -0.225. The van der Waals surface area contributed by atoms with Crippen LogP contribution >= 0.6 is 0 Å². The van der Waals surface area contributed by atoms with Crippen LogP contribution in [0.15, 0.2) is 12.4 Å². The Morgan fingerprint density at radius 2 is 2.10 bits per heavy atom. The molecule has 1 aliphatic rings. The van der Waals surface area contributed by atoms with E-state index in [1.54, 1.807) is 20.3 Å². The van der Waals surface area contributed by atoms with Gasteiger partial charge >= 0.3 is 0 Å². The lowest BCUT2D eigenvalue weighted by molar-refractivity contribution is 0.0821. The Hall–Kier alpha value is -1.69. The number of aliphatic hydroxyl groups excluding tert-OH is 1. The van der Waals surface area contributed by atoms with Crippen molar-refractivity contribution in [3.05, 3.63) is 18.1 Å². The average molecular weight is 278 g/mol. The summed E-state index contributed by atoms with van der Waals surface area (Å²) in [5.74, 6) is 0.778. The van der Waals surface area contributed by atoms with E-state index in [4.69, 9.17) is 0 Å². The number of rotatable bonds is 4. The third kappa shape index (κ3) is 3.25. The fraction of sp³-hybridized carbons (Fsp3) is 0.643. The van der Waals surface area contributed by atoms with Crippen molar-refractivity contribution in [1.29, 1.82) is 0 Å². The van der Waals surface area contributed by atoms with Crippen molar-refractivity contribution in [2.45, 2.75) is 25.4 Å². The summed E-state index contributed by atoms with van der Waals surface area (Å²) >= 11 is 0. The quantitative estimate of drug-likeness (QED) is 0.881. The molecule has 1 saturated carbocycles. The van der Waals surface area contributed by atoms with Gasteiger partial charge in [-0.2, -0.15) is 0 Å². The molecule has 0 aromatic carbocycles. The van der Waals surface area contributed by atoms with Gasteiger partial charge in [-0.15, -0.1) is 0 Å². The number of carbonyl (C=O) groups excluding carboxylic acids is 1. The first-order valence-corrected chi connectivity index (χ1v) is 6.92. The van der Waals surface area contributed by atoms with E-state index in [1.165, 1.54) is 11.1 Å². The first kappa shape index (κ1) is 14.7. The average Bonchev–Trinajstić information content (AvgIpc) is 2.83. The number of amides is 1. The van der Waals surface area contributed by atoms with Crippen LogP contribution in [0, 0.1) is 5.92 Å². The molecule has 6 heteroatoms. The largest absolute Gasteiger partial charge is 0.393 e. The molecule has 0 radical (unpaired) electrons. The summed E-state index contributed by atoms with van der Waals surface area (Å²) in [5, 5.41) is 9.88. The molecule has 0 saturated heterocycles. The van der Waals surface area contributed by atoms with E-state index < -0.39 is 0 Å². The predicted molar refractivity (Wildman–Crippen MR) is 76.7 cm³/mol. The van der Waals surface area contributed by atoms with Crippen molar-refractivity contribution in [2.75, 3.05) is 32.6 Å². The summed E-state index contributed by atoms with van der Waals surface area (Å²) in [5.41, 5.74) is 0.339. The molecule has 1 amide bonds. The van der Waals surface area contributed by atoms with Crippen LogP contribution in [0.5, 0.6) is 0 Å². The molecule has 1 aromatic rings. The van der Waals surface area contributed by atoms with Gasteiger partial charge in [-0.3, -0.25) is 9.78 Å². The predicted octanol–water partition coefficient (Wildman–Crippen LogP) is 0.776. The second-order valence-electron chi connectivity index (χ2n) is 5.60. The third-order valence-electron chi connectivity index (χ3n) is 3.77. The normalized spacial score (nSPS) is 21.8. The zero-order chi connectivity index (χ0) is 14.7. The first-order chi connectivity index (χ1) is 9.49. The monoisotopic (exact) mass is 278 g/mol. The molecule has 2 unspecified atom stereocenters. The number of hydrogen-bond acceptors (Lipinski definition) is 5. The van der Waals surface area contributed by atoms with Gasteiger partial charge in [0.2, 0.25) is 0 Å². The van der Waals surface area contributed by atoms with Crippen LogP contribution in [0.2, 0.25) is 0 Å². The first-order valence-electron chi connectivity index (χ1n) is 6.92. The van der Waals surface area contributed by atoms with Crippen LogP contribution in [-0.2, 0) is 0 Å². The van der Waals surface area contributed by atoms with Crippen LogP contribution in [0.1, 0.15) is 29.8 Å². The van der Waals surface area contributed by atoms with Gasteiger partial charge in [-0.1, -0.05) is 6.42 Å². The minimum Gasteiger partial charge on any atom is -0.393 e. The van der Waals surface area contributed by atoms with E-state index in [1.807, 2.05) is 11.9 Å². The number of anilines is 1. The molecule has 0 aliphatic heterocycles. The Kier molecular flexibility index (Phi) is 4.54. The zero-order valence-corrected chi connectivity index (χ0v) is 12.3. The number of nitrogens with zero attached hydrogens (tertiary/aromatic N) is 4. The highest BCUT2D eigenvalue weighted by atomic mass is 16.3. The van der Waals surface area contributed by atoms with Crippen LogP contribution < -0.4 is 4.90 Å². The highest BCUT2D eigenvalue weighted by molar-refractivity contribution is 5.91. The molecule has 2 atom stereocenters. The van der Waals surface area contributed by atoms with E-state index in [-0.39, 0.29) is 17.9 Å². The van der Waals surface area contributed by atoms with E-state index in [2.05, 4.69) is 9.97 Å². The summed E-state index contributed by atoms with van der Waals surface area (Å²) in [7, 11) is 5.30. The number of aliphatic hydroxyl groups is 1.